The molecule has 0 bridgehead atoms. The summed E-state index contributed by atoms with van der Waals surface area (Å²) in [7, 11) is 0. The lowest BCUT2D eigenvalue weighted by Gasteiger charge is -2.14. The summed E-state index contributed by atoms with van der Waals surface area (Å²) >= 11 is 7.33. The maximum atomic E-state index is 6.17. The van der Waals surface area contributed by atoms with Gasteiger partial charge in [-0.05, 0) is 78.0 Å². The Labute approximate surface area is 181 Å². The Morgan fingerprint density at radius 1 is 0.750 bits per heavy atom. The zero-order valence-corrected chi connectivity index (χ0v) is 18.3. The lowest BCUT2D eigenvalue weighted by molar-refractivity contribution is 0.303. The summed E-state index contributed by atoms with van der Waals surface area (Å²) in [6.07, 6.45) is 0. The molecule has 0 aliphatic heterocycles. The van der Waals surface area contributed by atoms with Crippen molar-refractivity contribution in [1.29, 1.82) is 0 Å². The van der Waals surface area contributed by atoms with Crippen LogP contribution in [0.15, 0.2) is 93.9 Å². The number of benzene rings is 4. The van der Waals surface area contributed by atoms with Gasteiger partial charge < -0.3 is 10.1 Å². The summed E-state index contributed by atoms with van der Waals surface area (Å²) in [6, 6.07) is 29.1. The summed E-state index contributed by atoms with van der Waals surface area (Å²) in [5.41, 5.74) is 3.44. The lowest BCUT2D eigenvalue weighted by atomic mass is 10.1. The van der Waals surface area contributed by atoms with Crippen molar-refractivity contribution in [2.24, 2.45) is 0 Å². The van der Waals surface area contributed by atoms with Crippen LogP contribution < -0.4 is 10.1 Å². The van der Waals surface area contributed by atoms with Crippen molar-refractivity contribution in [3.8, 4) is 5.75 Å². The van der Waals surface area contributed by atoms with E-state index in [4.69, 9.17) is 4.74 Å². The van der Waals surface area contributed by atoms with E-state index in [9.17, 15) is 0 Å². The Morgan fingerprint density at radius 2 is 1.43 bits per heavy atom. The van der Waals surface area contributed by atoms with Crippen LogP contribution in [0.4, 0.5) is 5.69 Å². The number of para-hydroxylation sites is 1. The predicted molar refractivity (Wildman–Crippen MR) is 124 cm³/mol. The second-order valence-corrected chi connectivity index (χ2v) is 8.24. The fourth-order valence-electron chi connectivity index (χ4n) is 3.18. The normalized spacial score (nSPS) is 10.8. The SMILES string of the molecule is Brc1cc(CNc2ccccc2)cc(Br)c1OCc1cccc2ccccc12. The van der Waals surface area contributed by atoms with E-state index in [1.165, 1.54) is 21.9 Å². The van der Waals surface area contributed by atoms with Crippen LogP contribution in [0.3, 0.4) is 0 Å². The third kappa shape index (κ3) is 4.40. The van der Waals surface area contributed by atoms with Gasteiger partial charge in [-0.15, -0.1) is 0 Å². The Bertz CT molecular complexity index is 1070. The second-order valence-electron chi connectivity index (χ2n) is 6.54. The average Bonchev–Trinajstić information content (AvgIpc) is 2.72. The molecule has 0 aliphatic carbocycles. The third-order valence-corrected chi connectivity index (χ3v) is 5.76. The van der Waals surface area contributed by atoms with Crippen molar-refractivity contribution in [2.75, 3.05) is 5.32 Å². The fourth-order valence-corrected chi connectivity index (χ4v) is 4.69. The molecule has 2 nitrogen and oxygen atoms in total. The van der Waals surface area contributed by atoms with Crippen LogP contribution in [-0.4, -0.2) is 0 Å². The summed E-state index contributed by atoms with van der Waals surface area (Å²) in [5.74, 6) is 0.816. The first-order valence-electron chi connectivity index (χ1n) is 9.07. The van der Waals surface area contributed by atoms with E-state index in [1.807, 2.05) is 18.2 Å². The molecule has 1 N–H and O–H groups in total. The molecule has 0 fully saturated rings. The van der Waals surface area contributed by atoms with E-state index in [0.29, 0.717) is 6.61 Å². The molecule has 4 rings (SSSR count). The van der Waals surface area contributed by atoms with Crippen molar-refractivity contribution in [3.05, 3.63) is 105 Å². The monoisotopic (exact) mass is 495 g/mol. The van der Waals surface area contributed by atoms with Gasteiger partial charge in [-0.1, -0.05) is 60.7 Å². The number of anilines is 1. The van der Waals surface area contributed by atoms with E-state index in [0.717, 1.165) is 26.9 Å². The second kappa shape index (κ2) is 8.80. The standard InChI is InChI=1S/C24H19Br2NO/c25-22-13-17(15-27-20-10-2-1-3-11-20)14-23(26)24(22)28-16-19-9-6-8-18-7-4-5-12-21(18)19/h1-14,27H,15-16H2. The van der Waals surface area contributed by atoms with Gasteiger partial charge in [0.2, 0.25) is 0 Å². The molecule has 0 heterocycles. The summed E-state index contributed by atoms with van der Waals surface area (Å²) in [5, 5.41) is 5.88. The van der Waals surface area contributed by atoms with E-state index >= 15 is 0 Å². The number of hydrogen-bond donors (Lipinski definition) is 1. The number of fused-ring (bicyclic) bond motifs is 1. The fraction of sp³-hybridized carbons (Fsp3) is 0.0833. The molecule has 0 unspecified atom stereocenters. The molecule has 0 saturated heterocycles. The molecule has 0 amide bonds. The van der Waals surface area contributed by atoms with Gasteiger partial charge in [0.15, 0.2) is 0 Å². The Morgan fingerprint density at radius 3 is 2.21 bits per heavy atom. The smallest absolute Gasteiger partial charge is 0.148 e. The summed E-state index contributed by atoms with van der Waals surface area (Å²) < 4.78 is 8.04. The molecule has 0 aromatic heterocycles. The van der Waals surface area contributed by atoms with Crippen LogP contribution in [-0.2, 0) is 13.2 Å². The van der Waals surface area contributed by atoms with Crippen molar-refractivity contribution < 1.29 is 4.74 Å². The lowest BCUT2D eigenvalue weighted by Crippen LogP contribution is -2.01. The van der Waals surface area contributed by atoms with E-state index in [-0.39, 0.29) is 0 Å². The Kier molecular flexibility index (Phi) is 5.98. The van der Waals surface area contributed by atoms with Crippen LogP contribution in [0.25, 0.3) is 10.8 Å². The zero-order chi connectivity index (χ0) is 19.3. The van der Waals surface area contributed by atoms with Gasteiger partial charge in [0.1, 0.15) is 12.4 Å². The van der Waals surface area contributed by atoms with Crippen LogP contribution in [0, 0.1) is 0 Å². The minimum absolute atomic E-state index is 0.514. The number of ether oxygens (including phenoxy) is 1. The first kappa shape index (κ1) is 19.0. The van der Waals surface area contributed by atoms with E-state index in [1.54, 1.807) is 0 Å². The van der Waals surface area contributed by atoms with E-state index < -0.39 is 0 Å². The van der Waals surface area contributed by atoms with Crippen LogP contribution in [0.5, 0.6) is 5.75 Å². The number of halogens is 2. The highest BCUT2D eigenvalue weighted by Gasteiger charge is 2.10. The summed E-state index contributed by atoms with van der Waals surface area (Å²) in [6.45, 7) is 1.25. The van der Waals surface area contributed by atoms with Crippen molar-refractivity contribution in [3.63, 3.8) is 0 Å². The zero-order valence-electron chi connectivity index (χ0n) is 15.2. The minimum atomic E-state index is 0.514. The van der Waals surface area contributed by atoms with Crippen molar-refractivity contribution in [2.45, 2.75) is 13.2 Å². The first-order chi connectivity index (χ1) is 13.7. The predicted octanol–water partition coefficient (Wildman–Crippen LogP) is 7.56. The molecule has 0 spiro atoms. The highest BCUT2D eigenvalue weighted by atomic mass is 79.9. The van der Waals surface area contributed by atoms with Gasteiger partial charge in [-0.3, -0.25) is 0 Å². The molecule has 0 saturated carbocycles. The molecule has 4 aromatic carbocycles. The number of rotatable bonds is 6. The Balaban J connectivity index is 1.49. The van der Waals surface area contributed by atoms with Gasteiger partial charge in [0, 0.05) is 12.2 Å². The molecule has 140 valence electrons. The van der Waals surface area contributed by atoms with E-state index in [2.05, 4.69) is 104 Å². The van der Waals surface area contributed by atoms with Crippen LogP contribution >= 0.6 is 31.9 Å². The highest BCUT2D eigenvalue weighted by molar-refractivity contribution is 9.11. The Hall–Kier alpha value is -2.30. The number of nitrogens with one attached hydrogen (secondary N) is 1. The van der Waals surface area contributed by atoms with Crippen molar-refractivity contribution in [1.82, 2.24) is 0 Å². The largest absolute Gasteiger partial charge is 0.487 e. The maximum Gasteiger partial charge on any atom is 0.148 e. The maximum absolute atomic E-state index is 6.17. The molecule has 0 radical (unpaired) electrons. The molecular weight excluding hydrogens is 478 g/mol. The minimum Gasteiger partial charge on any atom is -0.487 e. The molecule has 0 aliphatic rings. The highest BCUT2D eigenvalue weighted by Crippen LogP contribution is 2.36. The van der Waals surface area contributed by atoms with Crippen LogP contribution in [0.1, 0.15) is 11.1 Å². The van der Waals surface area contributed by atoms with Crippen LogP contribution in [0.2, 0.25) is 0 Å². The third-order valence-electron chi connectivity index (χ3n) is 4.58. The molecule has 4 heteroatoms. The quantitative estimate of drug-likeness (QED) is 0.297. The molecule has 28 heavy (non-hydrogen) atoms. The van der Waals surface area contributed by atoms with Crippen molar-refractivity contribution >= 4 is 48.3 Å². The van der Waals surface area contributed by atoms with Gasteiger partial charge in [0.25, 0.3) is 0 Å². The molecule has 0 atom stereocenters. The van der Waals surface area contributed by atoms with Gasteiger partial charge in [-0.25, -0.2) is 0 Å². The van der Waals surface area contributed by atoms with Gasteiger partial charge in [-0.2, -0.15) is 0 Å². The summed E-state index contributed by atoms with van der Waals surface area (Å²) in [4.78, 5) is 0. The molecular formula is C24H19Br2NO. The topological polar surface area (TPSA) is 21.3 Å². The molecule has 4 aromatic rings. The number of hydrogen-bond acceptors (Lipinski definition) is 2. The average molecular weight is 497 g/mol. The first-order valence-corrected chi connectivity index (χ1v) is 10.7. The van der Waals surface area contributed by atoms with Gasteiger partial charge in [0.05, 0.1) is 8.95 Å². The van der Waals surface area contributed by atoms with Gasteiger partial charge >= 0.3 is 0 Å².